The number of anilines is 1. The van der Waals surface area contributed by atoms with E-state index in [0.717, 1.165) is 47.9 Å². The molecule has 0 unspecified atom stereocenters. The van der Waals surface area contributed by atoms with E-state index in [9.17, 15) is 0 Å². The van der Waals surface area contributed by atoms with Crippen LogP contribution in [-0.2, 0) is 12.8 Å². The molecule has 0 atom stereocenters. The molecule has 6 nitrogen and oxygen atoms in total. The molecule has 0 aliphatic heterocycles. The lowest BCUT2D eigenvalue weighted by atomic mass is 10.2. The van der Waals surface area contributed by atoms with Crippen LogP contribution in [0.2, 0.25) is 0 Å². The highest BCUT2D eigenvalue weighted by molar-refractivity contribution is 5.53. The molecule has 4 heterocycles. The number of rotatable bonds is 6. The summed E-state index contributed by atoms with van der Waals surface area (Å²) in [4.78, 5) is 18.2. The summed E-state index contributed by atoms with van der Waals surface area (Å²) in [6, 6.07) is 13.8. The second kappa shape index (κ2) is 7.31. The molecule has 4 rings (SSSR count). The normalized spacial score (nSPS) is 11.0. The third-order valence-corrected chi connectivity index (χ3v) is 4.14. The predicted molar refractivity (Wildman–Crippen MR) is 102 cm³/mol. The van der Waals surface area contributed by atoms with Crippen LogP contribution in [0.5, 0.6) is 0 Å². The van der Waals surface area contributed by atoms with Crippen molar-refractivity contribution in [2.24, 2.45) is 0 Å². The van der Waals surface area contributed by atoms with Gasteiger partial charge in [-0.2, -0.15) is 0 Å². The van der Waals surface area contributed by atoms with Crippen molar-refractivity contribution in [1.29, 1.82) is 0 Å². The molecule has 0 fully saturated rings. The van der Waals surface area contributed by atoms with Crippen LogP contribution >= 0.6 is 0 Å². The number of aromatic nitrogens is 5. The van der Waals surface area contributed by atoms with Gasteiger partial charge in [0.2, 0.25) is 0 Å². The van der Waals surface area contributed by atoms with E-state index in [4.69, 9.17) is 0 Å². The van der Waals surface area contributed by atoms with Gasteiger partial charge in [-0.25, -0.2) is 15.0 Å². The molecular formula is C20H20N6. The predicted octanol–water partition coefficient (Wildman–Crippen LogP) is 3.40. The SMILES string of the molecule is CCc1cc(NCCc2cn3ccccc3n2)nc(-c2ccccn2)n1. The molecule has 6 heteroatoms. The van der Waals surface area contributed by atoms with E-state index >= 15 is 0 Å². The van der Waals surface area contributed by atoms with E-state index in [1.165, 1.54) is 0 Å². The van der Waals surface area contributed by atoms with Gasteiger partial charge >= 0.3 is 0 Å². The Hall–Kier alpha value is -3.28. The first kappa shape index (κ1) is 16.2. The van der Waals surface area contributed by atoms with Crippen molar-refractivity contribution in [2.45, 2.75) is 19.8 Å². The maximum absolute atomic E-state index is 4.62. The van der Waals surface area contributed by atoms with Gasteiger partial charge in [0.1, 0.15) is 17.2 Å². The highest BCUT2D eigenvalue weighted by atomic mass is 15.0. The van der Waals surface area contributed by atoms with Crippen LogP contribution in [0.15, 0.2) is 61.1 Å². The second-order valence-corrected chi connectivity index (χ2v) is 6.01. The van der Waals surface area contributed by atoms with Crippen LogP contribution < -0.4 is 5.32 Å². The first-order valence-electron chi connectivity index (χ1n) is 8.77. The summed E-state index contributed by atoms with van der Waals surface area (Å²) in [6.07, 6.45) is 7.51. The van der Waals surface area contributed by atoms with E-state index in [-0.39, 0.29) is 0 Å². The molecule has 0 radical (unpaired) electrons. The minimum Gasteiger partial charge on any atom is -0.370 e. The van der Waals surface area contributed by atoms with Crippen molar-refractivity contribution in [3.63, 3.8) is 0 Å². The number of pyridine rings is 2. The van der Waals surface area contributed by atoms with Gasteiger partial charge in [0.15, 0.2) is 5.82 Å². The summed E-state index contributed by atoms with van der Waals surface area (Å²) in [7, 11) is 0. The topological polar surface area (TPSA) is 68.0 Å². The number of fused-ring (bicyclic) bond motifs is 1. The van der Waals surface area contributed by atoms with Crippen LogP contribution in [0.4, 0.5) is 5.82 Å². The summed E-state index contributed by atoms with van der Waals surface area (Å²) in [5.74, 6) is 1.47. The number of imidazole rings is 1. The Balaban J connectivity index is 1.48. The average molecular weight is 344 g/mol. The van der Waals surface area contributed by atoms with Crippen molar-refractivity contribution in [3.8, 4) is 11.5 Å². The van der Waals surface area contributed by atoms with Crippen LogP contribution in [0.25, 0.3) is 17.2 Å². The molecular weight excluding hydrogens is 324 g/mol. The molecule has 4 aromatic heterocycles. The van der Waals surface area contributed by atoms with Gasteiger partial charge < -0.3 is 9.72 Å². The molecule has 0 spiro atoms. The number of hydrogen-bond acceptors (Lipinski definition) is 5. The Kier molecular flexibility index (Phi) is 4.55. The standard InChI is InChI=1S/C20H20N6/c1-2-15-13-18(25-20(24-15)17-7-3-5-10-21-17)22-11-9-16-14-26-12-6-4-8-19(26)23-16/h3-8,10,12-14H,2,9,11H2,1H3,(H,22,24,25). The van der Waals surface area contributed by atoms with Crippen LogP contribution in [0.1, 0.15) is 18.3 Å². The molecule has 1 N–H and O–H groups in total. The summed E-state index contributed by atoms with van der Waals surface area (Å²) >= 11 is 0. The number of hydrogen-bond donors (Lipinski definition) is 1. The molecule has 0 aliphatic rings. The van der Waals surface area contributed by atoms with Gasteiger partial charge in [0.25, 0.3) is 0 Å². The molecule has 4 aromatic rings. The Bertz CT molecular complexity index is 976. The van der Waals surface area contributed by atoms with Gasteiger partial charge in [-0.1, -0.05) is 19.1 Å². The zero-order valence-corrected chi connectivity index (χ0v) is 14.6. The van der Waals surface area contributed by atoms with E-state index in [0.29, 0.717) is 5.82 Å². The van der Waals surface area contributed by atoms with Crippen molar-refractivity contribution in [3.05, 3.63) is 72.4 Å². The summed E-state index contributed by atoms with van der Waals surface area (Å²) < 4.78 is 2.04. The summed E-state index contributed by atoms with van der Waals surface area (Å²) in [5, 5.41) is 3.39. The van der Waals surface area contributed by atoms with Crippen molar-refractivity contribution in [2.75, 3.05) is 11.9 Å². The van der Waals surface area contributed by atoms with Crippen LogP contribution in [0, 0.1) is 0 Å². The van der Waals surface area contributed by atoms with Crippen LogP contribution in [0.3, 0.4) is 0 Å². The number of nitrogens with zero attached hydrogens (tertiary/aromatic N) is 5. The third kappa shape index (κ3) is 3.54. The lowest BCUT2D eigenvalue weighted by molar-refractivity contribution is 0.951. The first-order valence-corrected chi connectivity index (χ1v) is 8.77. The lowest BCUT2D eigenvalue weighted by Gasteiger charge is -2.08. The quantitative estimate of drug-likeness (QED) is 0.580. The number of nitrogens with one attached hydrogen (secondary N) is 1. The molecule has 0 bridgehead atoms. The Morgan fingerprint density at radius 2 is 1.92 bits per heavy atom. The largest absolute Gasteiger partial charge is 0.370 e. The van der Waals surface area contributed by atoms with E-state index in [1.54, 1.807) is 6.20 Å². The molecule has 0 aliphatic carbocycles. The van der Waals surface area contributed by atoms with Gasteiger partial charge in [0.05, 0.1) is 5.69 Å². The van der Waals surface area contributed by atoms with Crippen molar-refractivity contribution in [1.82, 2.24) is 24.3 Å². The maximum Gasteiger partial charge on any atom is 0.180 e. The molecule has 0 saturated carbocycles. The van der Waals surface area contributed by atoms with Gasteiger partial charge in [-0.15, -0.1) is 0 Å². The second-order valence-electron chi connectivity index (χ2n) is 6.01. The fourth-order valence-corrected chi connectivity index (χ4v) is 2.81. The molecule has 130 valence electrons. The van der Waals surface area contributed by atoms with E-state index in [1.807, 2.05) is 53.1 Å². The molecule has 0 saturated heterocycles. The third-order valence-electron chi connectivity index (χ3n) is 4.14. The highest BCUT2D eigenvalue weighted by Gasteiger charge is 2.07. The molecule has 0 amide bonds. The van der Waals surface area contributed by atoms with Gasteiger partial charge in [-0.3, -0.25) is 4.98 Å². The van der Waals surface area contributed by atoms with Crippen molar-refractivity contribution >= 4 is 11.5 Å². The minimum atomic E-state index is 0.653. The fraction of sp³-hybridized carbons (Fsp3) is 0.200. The fourth-order valence-electron chi connectivity index (χ4n) is 2.81. The summed E-state index contributed by atoms with van der Waals surface area (Å²) in [6.45, 7) is 2.84. The van der Waals surface area contributed by atoms with Crippen molar-refractivity contribution < 1.29 is 0 Å². The maximum atomic E-state index is 4.62. The molecule has 26 heavy (non-hydrogen) atoms. The first-order chi connectivity index (χ1) is 12.8. The number of aryl methyl sites for hydroxylation is 1. The van der Waals surface area contributed by atoms with E-state index in [2.05, 4.69) is 38.4 Å². The van der Waals surface area contributed by atoms with E-state index < -0.39 is 0 Å². The van der Waals surface area contributed by atoms with Crippen LogP contribution in [-0.4, -0.2) is 30.9 Å². The molecule has 0 aromatic carbocycles. The Morgan fingerprint density at radius 3 is 2.73 bits per heavy atom. The minimum absolute atomic E-state index is 0.653. The zero-order valence-electron chi connectivity index (χ0n) is 14.6. The lowest BCUT2D eigenvalue weighted by Crippen LogP contribution is -2.08. The monoisotopic (exact) mass is 344 g/mol. The Morgan fingerprint density at radius 1 is 1.00 bits per heavy atom. The van der Waals surface area contributed by atoms with Gasteiger partial charge in [-0.05, 0) is 30.7 Å². The Labute approximate surface area is 152 Å². The summed E-state index contributed by atoms with van der Waals surface area (Å²) in [5.41, 5.74) is 3.80. The highest BCUT2D eigenvalue weighted by Crippen LogP contribution is 2.16. The van der Waals surface area contributed by atoms with Gasteiger partial charge in [0, 0.05) is 43.3 Å². The zero-order chi connectivity index (χ0) is 17.8. The average Bonchev–Trinajstić information content (AvgIpc) is 3.11. The smallest absolute Gasteiger partial charge is 0.180 e.